The van der Waals surface area contributed by atoms with Gasteiger partial charge in [-0.1, -0.05) is 45.0 Å². The number of aliphatic carboxylic acids is 5. The first-order valence-corrected chi connectivity index (χ1v) is 17.2. The first kappa shape index (κ1) is 46.9. The van der Waals surface area contributed by atoms with E-state index in [1.54, 1.807) is 45.0 Å². The summed E-state index contributed by atoms with van der Waals surface area (Å²) >= 11 is 0. The van der Waals surface area contributed by atoms with E-state index in [0.29, 0.717) is 17.5 Å². The maximum absolute atomic E-state index is 13.0. The van der Waals surface area contributed by atoms with Crippen LogP contribution in [0.4, 0.5) is 9.59 Å². The molecule has 304 valence electrons. The van der Waals surface area contributed by atoms with Crippen molar-refractivity contribution in [3.05, 3.63) is 35.4 Å². The summed E-state index contributed by atoms with van der Waals surface area (Å²) in [7, 11) is 0. The number of carboxylic acid groups (broad SMARTS) is 5. The zero-order chi connectivity index (χ0) is 41.9. The van der Waals surface area contributed by atoms with Crippen LogP contribution in [0.3, 0.4) is 0 Å². The fraction of sp³-hybridized carbons (Fsp3) is 0.543. The molecule has 0 aliphatic heterocycles. The summed E-state index contributed by atoms with van der Waals surface area (Å²) in [5.41, 5.74) is 0.182. The van der Waals surface area contributed by atoms with Crippen molar-refractivity contribution < 1.29 is 73.5 Å². The summed E-state index contributed by atoms with van der Waals surface area (Å²) in [6, 6.07) is 0.375. The highest BCUT2D eigenvalue weighted by atomic mass is 16.4. The molecule has 55 heavy (non-hydrogen) atoms. The predicted octanol–water partition coefficient (Wildman–Crippen LogP) is 0.894. The molecule has 0 unspecified atom stereocenters. The zero-order valence-electron chi connectivity index (χ0n) is 30.7. The van der Waals surface area contributed by atoms with Gasteiger partial charge in [-0.05, 0) is 36.8 Å². The van der Waals surface area contributed by atoms with Gasteiger partial charge in [0.05, 0.1) is 25.3 Å². The van der Waals surface area contributed by atoms with Crippen molar-refractivity contribution in [2.24, 2.45) is 11.3 Å². The van der Waals surface area contributed by atoms with Gasteiger partial charge in [0.15, 0.2) is 5.78 Å². The number of unbranched alkanes of at least 4 members (excludes halogenated alkanes) is 1. The molecule has 4 atom stereocenters. The average molecular weight is 780 g/mol. The second kappa shape index (κ2) is 22.9. The summed E-state index contributed by atoms with van der Waals surface area (Å²) in [5, 5.41) is 57.6. The largest absolute Gasteiger partial charge is 0.481 e. The van der Waals surface area contributed by atoms with Crippen LogP contribution < -0.4 is 26.6 Å². The Morgan fingerprint density at radius 3 is 1.65 bits per heavy atom. The van der Waals surface area contributed by atoms with Gasteiger partial charge in [0.25, 0.3) is 0 Å². The van der Waals surface area contributed by atoms with Crippen molar-refractivity contribution in [2.45, 2.75) is 103 Å². The first-order valence-electron chi connectivity index (χ1n) is 17.2. The van der Waals surface area contributed by atoms with Crippen LogP contribution in [0.15, 0.2) is 24.3 Å². The molecule has 0 aliphatic rings. The smallest absolute Gasteiger partial charge is 0.326 e. The van der Waals surface area contributed by atoms with Gasteiger partial charge in [0, 0.05) is 37.3 Å². The minimum absolute atomic E-state index is 0.0501. The van der Waals surface area contributed by atoms with Gasteiger partial charge in [0.1, 0.15) is 17.9 Å². The molecular formula is C35H49N5O15. The number of hydrogen-bond donors (Lipinski definition) is 10. The van der Waals surface area contributed by atoms with Gasteiger partial charge >= 0.3 is 41.9 Å². The molecule has 0 aromatic heterocycles. The fourth-order valence-corrected chi connectivity index (χ4v) is 5.15. The molecule has 0 spiro atoms. The van der Waals surface area contributed by atoms with Crippen LogP contribution in [0, 0.1) is 11.3 Å². The quantitative estimate of drug-likeness (QED) is 0.0616. The number of carbonyl (C=O) groups excluding carboxylic acids is 5. The zero-order valence-corrected chi connectivity index (χ0v) is 30.7. The molecule has 0 saturated heterocycles. The van der Waals surface area contributed by atoms with E-state index in [1.807, 2.05) is 5.32 Å². The number of urea groups is 2. The lowest BCUT2D eigenvalue weighted by molar-refractivity contribution is -0.144. The van der Waals surface area contributed by atoms with E-state index >= 15 is 0 Å². The second-order valence-corrected chi connectivity index (χ2v) is 13.7. The molecular weight excluding hydrogens is 730 g/mol. The van der Waals surface area contributed by atoms with Gasteiger partial charge in [0.2, 0.25) is 5.91 Å². The molecule has 0 saturated carbocycles. The standard InChI is InChI=1S/C35H49N5O15/c1-35(2,3)30(49)21(16-28(45)46)15-25(41)24(17-29(47)48)38-26(42)14-19-7-9-20(10-8-19)18-37-33(54)36-13-5-4-6-22(31(50)51)39-34(55)40-23(32(52)53)11-12-27(43)44/h7-10,21-24H,4-6,11-18H2,1-3H3,(H,38,42)(H,43,44)(H,45,46)(H,47,48)(H,50,51)(H,52,53)(H2,36,37,54)(H2,39,40,55)/t21-,22-,23-,24-/m0/s1. The molecule has 1 aromatic carbocycles. The Hall–Kier alpha value is -6.08. The molecule has 0 fully saturated rings. The molecule has 20 heteroatoms. The number of Topliss-reactive ketones (excluding diaryl/α,β-unsaturated/α-hetero) is 2. The Balaban J connectivity index is 2.58. The van der Waals surface area contributed by atoms with E-state index in [1.165, 1.54) is 0 Å². The molecule has 20 nitrogen and oxygen atoms in total. The van der Waals surface area contributed by atoms with Crippen LogP contribution in [-0.2, 0) is 51.3 Å². The van der Waals surface area contributed by atoms with Crippen LogP contribution in [0.1, 0.15) is 83.3 Å². The van der Waals surface area contributed by atoms with E-state index in [9.17, 15) is 63.3 Å². The monoisotopic (exact) mass is 779 g/mol. The number of benzene rings is 1. The SMILES string of the molecule is CC(C)(C)C(=O)[C@H](CC(=O)O)CC(=O)[C@H](CC(=O)O)NC(=O)Cc1ccc(CNC(=O)NCCCC[C@H](NC(=O)N[C@@H](CCC(=O)O)C(=O)O)C(=O)O)cc1. The third-order valence-corrected chi connectivity index (χ3v) is 7.98. The van der Waals surface area contributed by atoms with E-state index in [-0.39, 0.29) is 32.4 Å². The number of carboxylic acids is 5. The Morgan fingerprint density at radius 2 is 1.15 bits per heavy atom. The van der Waals surface area contributed by atoms with Gasteiger partial charge in [-0.25, -0.2) is 19.2 Å². The van der Waals surface area contributed by atoms with Crippen LogP contribution in [-0.4, -0.2) is 110 Å². The number of rotatable bonds is 25. The van der Waals surface area contributed by atoms with Crippen molar-refractivity contribution in [1.82, 2.24) is 26.6 Å². The number of hydrogen-bond acceptors (Lipinski definition) is 10. The summed E-state index contributed by atoms with van der Waals surface area (Å²) < 4.78 is 0. The lowest BCUT2D eigenvalue weighted by atomic mass is 9.79. The van der Waals surface area contributed by atoms with Crippen LogP contribution >= 0.6 is 0 Å². The highest BCUT2D eigenvalue weighted by Gasteiger charge is 2.35. The number of ketones is 2. The molecule has 0 aliphatic carbocycles. The third kappa shape index (κ3) is 19.5. The lowest BCUT2D eigenvalue weighted by Gasteiger charge is -2.25. The maximum Gasteiger partial charge on any atom is 0.326 e. The Morgan fingerprint density at radius 1 is 0.600 bits per heavy atom. The number of carbonyl (C=O) groups is 10. The van der Waals surface area contributed by atoms with Gasteiger partial charge in [-0.2, -0.15) is 0 Å². The summed E-state index contributed by atoms with van der Waals surface area (Å²) in [6.45, 7) is 4.94. The van der Waals surface area contributed by atoms with Crippen molar-refractivity contribution in [3.8, 4) is 0 Å². The molecule has 0 heterocycles. The fourth-order valence-electron chi connectivity index (χ4n) is 5.15. The predicted molar refractivity (Wildman–Crippen MR) is 190 cm³/mol. The summed E-state index contributed by atoms with van der Waals surface area (Å²) in [5.74, 6) is -9.97. The van der Waals surface area contributed by atoms with Crippen molar-refractivity contribution >= 4 is 59.4 Å². The van der Waals surface area contributed by atoms with Crippen molar-refractivity contribution in [3.63, 3.8) is 0 Å². The Bertz CT molecular complexity index is 1570. The first-order chi connectivity index (χ1) is 25.6. The molecule has 0 bridgehead atoms. The number of amides is 5. The van der Waals surface area contributed by atoms with Gasteiger partial charge in [-0.3, -0.25) is 28.8 Å². The minimum atomic E-state index is -1.53. The van der Waals surface area contributed by atoms with E-state index in [0.717, 1.165) is 0 Å². The maximum atomic E-state index is 13.0. The molecule has 0 radical (unpaired) electrons. The van der Waals surface area contributed by atoms with Gasteiger partial charge < -0.3 is 52.1 Å². The van der Waals surface area contributed by atoms with Crippen molar-refractivity contribution in [2.75, 3.05) is 6.54 Å². The highest BCUT2D eigenvalue weighted by molar-refractivity contribution is 5.97. The third-order valence-electron chi connectivity index (χ3n) is 7.98. The van der Waals surface area contributed by atoms with Crippen LogP contribution in [0.2, 0.25) is 0 Å². The second-order valence-electron chi connectivity index (χ2n) is 13.7. The number of nitrogens with one attached hydrogen (secondary N) is 5. The molecule has 10 N–H and O–H groups in total. The highest BCUT2D eigenvalue weighted by Crippen LogP contribution is 2.25. The Kier molecular flexibility index (Phi) is 19.5. The van der Waals surface area contributed by atoms with Crippen LogP contribution in [0.5, 0.6) is 0 Å². The average Bonchev–Trinajstić information content (AvgIpc) is 3.06. The topological polar surface area (TPSA) is 332 Å². The molecule has 1 rings (SSSR count). The normalized spacial score (nSPS) is 13.1. The van der Waals surface area contributed by atoms with E-state index < -0.39 is 121 Å². The van der Waals surface area contributed by atoms with E-state index in [4.69, 9.17) is 10.2 Å². The summed E-state index contributed by atoms with van der Waals surface area (Å²) in [6.07, 6.45) is -2.60. The molecule has 5 amide bonds. The van der Waals surface area contributed by atoms with Crippen molar-refractivity contribution in [1.29, 1.82) is 0 Å². The Labute approximate surface area is 315 Å². The summed E-state index contributed by atoms with van der Waals surface area (Å²) in [4.78, 5) is 119. The lowest BCUT2D eigenvalue weighted by Crippen LogP contribution is -2.51. The minimum Gasteiger partial charge on any atom is -0.481 e. The van der Waals surface area contributed by atoms with E-state index in [2.05, 4.69) is 21.3 Å². The molecule has 1 aromatic rings. The van der Waals surface area contributed by atoms with Gasteiger partial charge in [-0.15, -0.1) is 0 Å². The van der Waals surface area contributed by atoms with Crippen LogP contribution in [0.25, 0.3) is 0 Å².